The Morgan fingerprint density at radius 2 is 1.76 bits per heavy atom. The van der Waals surface area contributed by atoms with E-state index in [0.717, 1.165) is 45.2 Å². The molecule has 4 rings (SSSR count). The second-order valence-electron chi connectivity index (χ2n) is 7.26. The molecular formula is C22H25NO2. The van der Waals surface area contributed by atoms with Crippen LogP contribution in [0.3, 0.4) is 0 Å². The molecule has 2 heterocycles. The van der Waals surface area contributed by atoms with Gasteiger partial charge in [-0.25, -0.2) is 0 Å². The third-order valence-electron chi connectivity index (χ3n) is 5.62. The zero-order chi connectivity index (χ0) is 17.1. The third kappa shape index (κ3) is 3.39. The lowest BCUT2D eigenvalue weighted by Gasteiger charge is -2.47. The van der Waals surface area contributed by atoms with E-state index in [2.05, 4.69) is 59.5 Å². The molecule has 25 heavy (non-hydrogen) atoms. The summed E-state index contributed by atoms with van der Waals surface area (Å²) in [6.07, 6.45) is 4.34. The average Bonchev–Trinajstić information content (AvgIpc) is 2.65. The summed E-state index contributed by atoms with van der Waals surface area (Å²) < 4.78 is 6.52. The molecule has 2 aromatic carbocycles. The molecule has 2 aromatic rings. The van der Waals surface area contributed by atoms with Gasteiger partial charge in [0, 0.05) is 26.1 Å². The SMILES string of the molecule is O=CCC1Cc2ccccc2C2(CCN(Cc3ccccc3)CC2)O1. The van der Waals surface area contributed by atoms with Crippen LogP contribution in [0.4, 0.5) is 0 Å². The second-order valence-corrected chi connectivity index (χ2v) is 7.26. The number of nitrogens with zero attached hydrogens (tertiary/aromatic N) is 1. The van der Waals surface area contributed by atoms with E-state index in [1.807, 2.05) is 0 Å². The normalized spacial score (nSPS) is 22.5. The number of fused-ring (bicyclic) bond motifs is 2. The van der Waals surface area contributed by atoms with Crippen LogP contribution < -0.4 is 0 Å². The lowest BCUT2D eigenvalue weighted by Crippen LogP contribution is -2.48. The minimum atomic E-state index is -0.213. The first-order valence-electron chi connectivity index (χ1n) is 9.25. The number of ether oxygens (including phenoxy) is 1. The van der Waals surface area contributed by atoms with Gasteiger partial charge in [-0.05, 0) is 36.0 Å². The summed E-state index contributed by atoms with van der Waals surface area (Å²) in [7, 11) is 0. The molecule has 1 unspecified atom stereocenters. The molecule has 0 bridgehead atoms. The van der Waals surface area contributed by atoms with E-state index in [0.29, 0.717) is 6.42 Å². The highest BCUT2D eigenvalue weighted by Crippen LogP contribution is 2.43. The lowest BCUT2D eigenvalue weighted by atomic mass is 9.78. The number of hydrogen-bond acceptors (Lipinski definition) is 3. The van der Waals surface area contributed by atoms with Gasteiger partial charge in [-0.3, -0.25) is 4.90 Å². The van der Waals surface area contributed by atoms with Crippen molar-refractivity contribution in [2.75, 3.05) is 13.1 Å². The first kappa shape index (κ1) is 16.5. The van der Waals surface area contributed by atoms with Gasteiger partial charge in [0.25, 0.3) is 0 Å². The first-order valence-corrected chi connectivity index (χ1v) is 9.25. The van der Waals surface area contributed by atoms with E-state index >= 15 is 0 Å². The maximum atomic E-state index is 11.0. The number of likely N-dealkylation sites (tertiary alicyclic amines) is 1. The molecule has 0 aromatic heterocycles. The lowest BCUT2D eigenvalue weighted by molar-refractivity contribution is -0.145. The van der Waals surface area contributed by atoms with Crippen molar-refractivity contribution in [1.82, 2.24) is 4.90 Å². The van der Waals surface area contributed by atoms with Crippen molar-refractivity contribution in [2.24, 2.45) is 0 Å². The van der Waals surface area contributed by atoms with Crippen LogP contribution in [0.1, 0.15) is 36.0 Å². The maximum Gasteiger partial charge on any atom is 0.122 e. The van der Waals surface area contributed by atoms with Gasteiger partial charge in [-0.1, -0.05) is 54.6 Å². The second kappa shape index (κ2) is 7.11. The minimum absolute atomic E-state index is 0.0214. The molecule has 1 atom stereocenters. The number of rotatable bonds is 4. The van der Waals surface area contributed by atoms with E-state index in [1.54, 1.807) is 0 Å². The van der Waals surface area contributed by atoms with E-state index < -0.39 is 0 Å². The molecular weight excluding hydrogens is 310 g/mol. The molecule has 2 aliphatic rings. The largest absolute Gasteiger partial charge is 0.366 e. The highest BCUT2D eigenvalue weighted by atomic mass is 16.5. The molecule has 1 spiro atoms. The highest BCUT2D eigenvalue weighted by molar-refractivity contribution is 5.51. The van der Waals surface area contributed by atoms with E-state index in [1.165, 1.54) is 16.7 Å². The van der Waals surface area contributed by atoms with Gasteiger partial charge in [0.2, 0.25) is 0 Å². The van der Waals surface area contributed by atoms with Crippen LogP contribution >= 0.6 is 0 Å². The first-order chi connectivity index (χ1) is 12.3. The predicted molar refractivity (Wildman–Crippen MR) is 98.3 cm³/mol. The van der Waals surface area contributed by atoms with Crippen LogP contribution in [0.2, 0.25) is 0 Å². The van der Waals surface area contributed by atoms with Crippen molar-refractivity contribution in [3.63, 3.8) is 0 Å². The van der Waals surface area contributed by atoms with Crippen LogP contribution in [0.5, 0.6) is 0 Å². The predicted octanol–water partition coefficient (Wildman–Crippen LogP) is 3.71. The summed E-state index contributed by atoms with van der Waals surface area (Å²) in [5, 5.41) is 0. The Morgan fingerprint density at radius 1 is 1.04 bits per heavy atom. The Balaban J connectivity index is 1.51. The van der Waals surface area contributed by atoms with Crippen LogP contribution in [0.15, 0.2) is 54.6 Å². The zero-order valence-corrected chi connectivity index (χ0v) is 14.6. The number of carbonyl (C=O) groups excluding carboxylic acids is 1. The van der Waals surface area contributed by atoms with Crippen molar-refractivity contribution in [3.8, 4) is 0 Å². The molecule has 0 aliphatic carbocycles. The van der Waals surface area contributed by atoms with Gasteiger partial charge in [-0.15, -0.1) is 0 Å². The Labute approximate surface area is 149 Å². The third-order valence-corrected chi connectivity index (χ3v) is 5.62. The minimum Gasteiger partial charge on any atom is -0.366 e. The molecule has 0 amide bonds. The standard InChI is InChI=1S/C22H25NO2/c24-15-10-20-16-19-8-4-5-9-21(19)22(25-20)11-13-23(14-12-22)17-18-6-2-1-3-7-18/h1-9,15,20H,10-14,16-17H2. The van der Waals surface area contributed by atoms with Crippen LogP contribution in [-0.2, 0) is 28.1 Å². The van der Waals surface area contributed by atoms with Crippen LogP contribution in [-0.4, -0.2) is 30.4 Å². The summed E-state index contributed by atoms with van der Waals surface area (Å²) >= 11 is 0. The fourth-order valence-corrected chi connectivity index (χ4v) is 4.35. The summed E-state index contributed by atoms with van der Waals surface area (Å²) in [6, 6.07) is 19.3. The van der Waals surface area contributed by atoms with Crippen molar-refractivity contribution in [1.29, 1.82) is 0 Å². The fourth-order valence-electron chi connectivity index (χ4n) is 4.35. The van der Waals surface area contributed by atoms with Gasteiger partial charge in [0.05, 0.1) is 11.7 Å². The molecule has 1 saturated heterocycles. The van der Waals surface area contributed by atoms with Crippen molar-refractivity contribution in [3.05, 3.63) is 71.3 Å². The van der Waals surface area contributed by atoms with E-state index in [-0.39, 0.29) is 11.7 Å². The van der Waals surface area contributed by atoms with Crippen molar-refractivity contribution >= 4 is 6.29 Å². The Bertz CT molecular complexity index is 720. The number of benzene rings is 2. The molecule has 1 fully saturated rings. The molecule has 0 saturated carbocycles. The van der Waals surface area contributed by atoms with Crippen molar-refractivity contribution in [2.45, 2.75) is 43.9 Å². The number of hydrogen-bond donors (Lipinski definition) is 0. The van der Waals surface area contributed by atoms with Crippen molar-refractivity contribution < 1.29 is 9.53 Å². The Hall–Kier alpha value is -1.97. The quantitative estimate of drug-likeness (QED) is 0.798. The van der Waals surface area contributed by atoms with E-state index in [4.69, 9.17) is 4.74 Å². The molecule has 130 valence electrons. The van der Waals surface area contributed by atoms with Gasteiger partial charge in [-0.2, -0.15) is 0 Å². The summed E-state index contributed by atoms with van der Waals surface area (Å²) in [5.74, 6) is 0. The van der Waals surface area contributed by atoms with Gasteiger partial charge in [0.1, 0.15) is 6.29 Å². The van der Waals surface area contributed by atoms with Gasteiger partial charge >= 0.3 is 0 Å². The highest BCUT2D eigenvalue weighted by Gasteiger charge is 2.43. The Kier molecular flexibility index (Phi) is 4.69. The Morgan fingerprint density at radius 3 is 2.52 bits per heavy atom. The molecule has 0 N–H and O–H groups in total. The average molecular weight is 335 g/mol. The number of piperidine rings is 1. The summed E-state index contributed by atoms with van der Waals surface area (Å²) in [6.45, 7) is 3.05. The maximum absolute atomic E-state index is 11.0. The molecule has 0 radical (unpaired) electrons. The fraction of sp³-hybridized carbons (Fsp3) is 0.409. The molecule has 2 aliphatic heterocycles. The van der Waals surface area contributed by atoms with Gasteiger partial charge in [0.15, 0.2) is 0 Å². The zero-order valence-electron chi connectivity index (χ0n) is 14.6. The number of carbonyl (C=O) groups is 1. The number of aldehydes is 1. The summed E-state index contributed by atoms with van der Waals surface area (Å²) in [5.41, 5.74) is 3.85. The summed E-state index contributed by atoms with van der Waals surface area (Å²) in [4.78, 5) is 13.5. The topological polar surface area (TPSA) is 29.5 Å². The van der Waals surface area contributed by atoms with E-state index in [9.17, 15) is 4.79 Å². The molecule has 3 nitrogen and oxygen atoms in total. The molecule has 3 heteroatoms. The van der Waals surface area contributed by atoms with Crippen LogP contribution in [0, 0.1) is 0 Å². The van der Waals surface area contributed by atoms with Gasteiger partial charge < -0.3 is 9.53 Å². The smallest absolute Gasteiger partial charge is 0.122 e. The monoisotopic (exact) mass is 335 g/mol. The van der Waals surface area contributed by atoms with Crippen LogP contribution in [0.25, 0.3) is 0 Å².